The van der Waals surface area contributed by atoms with Crippen molar-refractivity contribution >= 4 is 34.0 Å². The van der Waals surface area contributed by atoms with E-state index in [-0.39, 0.29) is 5.91 Å². The molecular weight excluding hydrogens is 394 g/mol. The molecule has 0 bridgehead atoms. The van der Waals surface area contributed by atoms with Gasteiger partial charge in [-0.15, -0.1) is 10.2 Å². The molecule has 1 aliphatic rings. The second kappa shape index (κ2) is 8.75. The number of rotatable bonds is 6. The highest BCUT2D eigenvalue weighted by molar-refractivity contribution is 7.17. The highest BCUT2D eigenvalue weighted by Crippen LogP contribution is 2.26. The zero-order chi connectivity index (χ0) is 19.3. The maximum absolute atomic E-state index is 12.6. The Morgan fingerprint density at radius 3 is 2.61 bits per heavy atom. The van der Waals surface area contributed by atoms with Crippen LogP contribution in [0.2, 0.25) is 5.02 Å². The van der Waals surface area contributed by atoms with Crippen LogP contribution in [-0.2, 0) is 6.42 Å². The molecule has 28 heavy (non-hydrogen) atoms. The first-order chi connectivity index (χ1) is 13.7. The minimum Gasteiger partial charge on any atom is -0.350 e. The van der Waals surface area contributed by atoms with E-state index in [1.54, 1.807) is 6.07 Å². The third-order valence-electron chi connectivity index (χ3n) is 4.83. The zero-order valence-corrected chi connectivity index (χ0v) is 17.0. The minimum atomic E-state index is -0.117. The van der Waals surface area contributed by atoms with Crippen LogP contribution in [0, 0.1) is 0 Å². The number of nitrogens with zero attached hydrogens (tertiary/aromatic N) is 4. The van der Waals surface area contributed by atoms with Crippen LogP contribution in [0.1, 0.15) is 35.3 Å². The van der Waals surface area contributed by atoms with Gasteiger partial charge in [0.05, 0.1) is 0 Å². The number of anilines is 1. The lowest BCUT2D eigenvalue weighted by Gasteiger charge is -2.25. The van der Waals surface area contributed by atoms with Gasteiger partial charge >= 0.3 is 0 Å². The van der Waals surface area contributed by atoms with Crippen LogP contribution in [0.3, 0.4) is 0 Å². The quantitative estimate of drug-likeness (QED) is 0.662. The average molecular weight is 416 g/mol. The van der Waals surface area contributed by atoms with Crippen LogP contribution in [-0.4, -0.2) is 40.3 Å². The number of benzene rings is 1. The van der Waals surface area contributed by atoms with Crippen LogP contribution < -0.4 is 10.2 Å². The molecule has 1 fully saturated rings. The lowest BCUT2D eigenvalue weighted by Crippen LogP contribution is -2.29. The second-order valence-electron chi connectivity index (χ2n) is 6.81. The van der Waals surface area contributed by atoms with Crippen molar-refractivity contribution in [2.24, 2.45) is 0 Å². The molecular formula is C20H22ClN5OS. The molecule has 8 heteroatoms. The smallest absolute Gasteiger partial charge is 0.268 e. The predicted molar refractivity (Wildman–Crippen MR) is 113 cm³/mol. The maximum Gasteiger partial charge on any atom is 0.268 e. The minimum absolute atomic E-state index is 0.117. The molecule has 146 valence electrons. The summed E-state index contributed by atoms with van der Waals surface area (Å²) in [6, 6.07) is 11.3. The van der Waals surface area contributed by atoms with E-state index in [2.05, 4.69) is 20.4 Å². The fourth-order valence-electron chi connectivity index (χ4n) is 3.31. The lowest BCUT2D eigenvalue weighted by molar-refractivity contribution is 0.0947. The molecule has 1 aliphatic heterocycles. The summed E-state index contributed by atoms with van der Waals surface area (Å²) in [7, 11) is 0. The molecule has 1 amide bonds. The van der Waals surface area contributed by atoms with Gasteiger partial charge in [-0.25, -0.2) is 0 Å². The third-order valence-corrected chi connectivity index (χ3v) is 6.07. The highest BCUT2D eigenvalue weighted by Gasteiger charge is 2.18. The van der Waals surface area contributed by atoms with E-state index in [1.807, 2.05) is 41.1 Å². The molecule has 0 atom stereocenters. The number of carbonyl (C=O) groups is 1. The van der Waals surface area contributed by atoms with E-state index in [9.17, 15) is 4.79 Å². The van der Waals surface area contributed by atoms with Gasteiger partial charge in [0.2, 0.25) is 10.3 Å². The van der Waals surface area contributed by atoms with Gasteiger partial charge < -0.3 is 10.2 Å². The van der Waals surface area contributed by atoms with E-state index in [1.165, 1.54) is 30.6 Å². The van der Waals surface area contributed by atoms with E-state index in [0.29, 0.717) is 22.4 Å². The summed E-state index contributed by atoms with van der Waals surface area (Å²) in [5.41, 5.74) is 1.70. The van der Waals surface area contributed by atoms with Gasteiger partial charge in [0.1, 0.15) is 5.69 Å². The molecule has 0 unspecified atom stereocenters. The first-order valence-corrected chi connectivity index (χ1v) is 10.7. The molecule has 4 rings (SSSR count). The Hall–Kier alpha value is -2.38. The van der Waals surface area contributed by atoms with Crippen molar-refractivity contribution in [2.75, 3.05) is 24.5 Å². The molecule has 0 radical (unpaired) electrons. The number of piperidine rings is 1. The van der Waals surface area contributed by atoms with Crippen molar-refractivity contribution in [3.05, 3.63) is 58.9 Å². The molecule has 2 aromatic heterocycles. The zero-order valence-electron chi connectivity index (χ0n) is 15.5. The summed E-state index contributed by atoms with van der Waals surface area (Å²) in [4.78, 5) is 14.9. The molecule has 0 saturated carbocycles. The van der Waals surface area contributed by atoms with Gasteiger partial charge in [-0.1, -0.05) is 35.1 Å². The predicted octanol–water partition coefficient (Wildman–Crippen LogP) is 3.95. The molecule has 1 aromatic carbocycles. The van der Waals surface area contributed by atoms with Crippen molar-refractivity contribution in [2.45, 2.75) is 25.7 Å². The summed E-state index contributed by atoms with van der Waals surface area (Å²) in [5.74, 6) is -0.117. The Labute approximate surface area is 173 Å². The van der Waals surface area contributed by atoms with Crippen molar-refractivity contribution in [3.8, 4) is 5.13 Å². The summed E-state index contributed by atoms with van der Waals surface area (Å²) in [6.45, 7) is 2.61. The molecule has 6 nitrogen and oxygen atoms in total. The Morgan fingerprint density at radius 2 is 1.82 bits per heavy atom. The molecule has 0 aliphatic carbocycles. The SMILES string of the molecule is O=C(NCCc1ccc(Cl)cc1)c1cccn1-c1nnc(N2CCCCC2)s1. The topological polar surface area (TPSA) is 63.1 Å². The van der Waals surface area contributed by atoms with Crippen LogP contribution >= 0.6 is 22.9 Å². The van der Waals surface area contributed by atoms with Gasteiger partial charge in [-0.2, -0.15) is 0 Å². The first kappa shape index (κ1) is 19.0. The number of carbonyl (C=O) groups excluding carboxylic acids is 1. The second-order valence-corrected chi connectivity index (χ2v) is 8.18. The molecule has 1 saturated heterocycles. The maximum atomic E-state index is 12.6. The highest BCUT2D eigenvalue weighted by atomic mass is 35.5. The van der Waals surface area contributed by atoms with Crippen LogP contribution in [0.15, 0.2) is 42.6 Å². The first-order valence-electron chi connectivity index (χ1n) is 9.49. The number of nitrogens with one attached hydrogen (secondary N) is 1. The Morgan fingerprint density at radius 1 is 1.07 bits per heavy atom. The summed E-state index contributed by atoms with van der Waals surface area (Å²) >= 11 is 7.43. The van der Waals surface area contributed by atoms with Gasteiger partial charge in [-0.3, -0.25) is 9.36 Å². The normalized spacial score (nSPS) is 14.2. The standard InChI is InChI=1S/C20H22ClN5OS/c21-16-8-6-15(7-9-16)10-11-22-18(27)17-5-4-14-26(17)20-24-23-19(28-20)25-12-2-1-3-13-25/h4-9,14H,1-3,10-13H2,(H,22,27). The van der Waals surface area contributed by atoms with Crippen LogP contribution in [0.4, 0.5) is 5.13 Å². The van der Waals surface area contributed by atoms with E-state index < -0.39 is 0 Å². The van der Waals surface area contributed by atoms with Crippen molar-refractivity contribution in [3.63, 3.8) is 0 Å². The van der Waals surface area contributed by atoms with E-state index >= 15 is 0 Å². The number of amides is 1. The summed E-state index contributed by atoms with van der Waals surface area (Å²) < 4.78 is 1.81. The van der Waals surface area contributed by atoms with Crippen LogP contribution in [0.5, 0.6) is 0 Å². The van der Waals surface area contributed by atoms with Crippen molar-refractivity contribution in [1.82, 2.24) is 20.1 Å². The third kappa shape index (κ3) is 4.36. The van der Waals surface area contributed by atoms with E-state index in [4.69, 9.17) is 11.6 Å². The monoisotopic (exact) mass is 415 g/mol. The lowest BCUT2D eigenvalue weighted by atomic mass is 10.1. The van der Waals surface area contributed by atoms with Gasteiger partial charge in [0, 0.05) is 30.9 Å². The number of hydrogen-bond donors (Lipinski definition) is 1. The van der Waals surface area contributed by atoms with Crippen molar-refractivity contribution < 1.29 is 4.79 Å². The number of aromatic nitrogens is 3. The molecule has 1 N–H and O–H groups in total. The van der Waals surface area contributed by atoms with Gasteiger partial charge in [0.15, 0.2) is 0 Å². The van der Waals surface area contributed by atoms with Crippen molar-refractivity contribution in [1.29, 1.82) is 0 Å². The molecule has 0 spiro atoms. The largest absolute Gasteiger partial charge is 0.350 e. The van der Waals surface area contributed by atoms with Gasteiger partial charge in [0.25, 0.3) is 5.91 Å². The Kier molecular flexibility index (Phi) is 5.92. The average Bonchev–Trinajstić information content (AvgIpc) is 3.39. The summed E-state index contributed by atoms with van der Waals surface area (Å²) in [5, 5.41) is 14.0. The fraction of sp³-hybridized carbons (Fsp3) is 0.350. The summed E-state index contributed by atoms with van der Waals surface area (Å²) in [6.07, 6.45) is 6.27. The molecule has 3 heterocycles. The Bertz CT molecular complexity index is 930. The molecule has 3 aromatic rings. The van der Waals surface area contributed by atoms with E-state index in [0.717, 1.165) is 30.2 Å². The number of hydrogen-bond acceptors (Lipinski definition) is 5. The fourth-order valence-corrected chi connectivity index (χ4v) is 4.33. The number of halogens is 1. The van der Waals surface area contributed by atoms with Crippen LogP contribution in [0.25, 0.3) is 5.13 Å². The Balaban J connectivity index is 1.40. The van der Waals surface area contributed by atoms with Gasteiger partial charge in [-0.05, 0) is 55.5 Å².